The average Bonchev–Trinajstić information content (AvgIpc) is 2.60. The first kappa shape index (κ1) is 11.0. The summed E-state index contributed by atoms with van der Waals surface area (Å²) in [6.45, 7) is 4.40. The average molecular weight is 238 g/mol. The molecular weight excluding hydrogens is 226 g/mol. The number of rotatable bonds is 3. The van der Waals surface area contributed by atoms with Crippen LogP contribution in [-0.4, -0.2) is 21.4 Å². The predicted octanol–water partition coefficient (Wildman–Crippen LogP) is 2.63. The quantitative estimate of drug-likeness (QED) is 0.824. The van der Waals surface area contributed by atoms with Crippen molar-refractivity contribution in [1.82, 2.24) is 14.8 Å². The molecule has 0 bridgehead atoms. The summed E-state index contributed by atoms with van der Waals surface area (Å²) in [6, 6.07) is 7.66. The molecule has 0 aliphatic heterocycles. The Balaban J connectivity index is 2.55. The van der Waals surface area contributed by atoms with Gasteiger partial charge in [-0.15, -0.1) is 10.2 Å². The molecule has 5 heteroatoms. The number of benzene rings is 1. The fourth-order valence-corrected chi connectivity index (χ4v) is 1.78. The smallest absolute Gasteiger partial charge is 0.229 e. The molecule has 1 aromatic carbocycles. The van der Waals surface area contributed by atoms with Crippen LogP contribution >= 0.6 is 11.6 Å². The number of nitrogens with zero attached hydrogens (tertiary/aromatic N) is 3. The second kappa shape index (κ2) is 4.53. The second-order valence-corrected chi connectivity index (χ2v) is 3.59. The Bertz CT molecular complexity index is 476. The summed E-state index contributed by atoms with van der Waals surface area (Å²) in [7, 11) is 0. The third-order valence-corrected chi connectivity index (χ3v) is 2.44. The van der Waals surface area contributed by atoms with Crippen molar-refractivity contribution in [3.63, 3.8) is 0 Å². The molecule has 0 radical (unpaired) electrons. The molecule has 0 aliphatic rings. The first-order valence-corrected chi connectivity index (χ1v) is 5.41. The van der Waals surface area contributed by atoms with E-state index in [0.29, 0.717) is 11.9 Å². The summed E-state index contributed by atoms with van der Waals surface area (Å²) in [5, 5.41) is 8.07. The molecule has 2 aromatic rings. The van der Waals surface area contributed by atoms with Gasteiger partial charge in [0.1, 0.15) is 11.6 Å². The zero-order valence-corrected chi connectivity index (χ0v) is 9.90. The molecule has 4 nitrogen and oxygen atoms in total. The molecular formula is C11H12ClN3O. The van der Waals surface area contributed by atoms with Gasteiger partial charge in [0.25, 0.3) is 0 Å². The van der Waals surface area contributed by atoms with E-state index >= 15 is 0 Å². The Kier molecular flexibility index (Phi) is 3.10. The maximum absolute atomic E-state index is 5.99. The lowest BCUT2D eigenvalue weighted by Crippen LogP contribution is -2.02. The van der Waals surface area contributed by atoms with Crippen LogP contribution in [0.2, 0.25) is 5.28 Å². The third kappa shape index (κ3) is 1.88. The minimum atomic E-state index is 0.338. The van der Waals surface area contributed by atoms with Gasteiger partial charge in [-0.1, -0.05) is 12.1 Å². The minimum Gasteiger partial charge on any atom is -0.492 e. The van der Waals surface area contributed by atoms with E-state index in [0.717, 1.165) is 17.3 Å². The van der Waals surface area contributed by atoms with Gasteiger partial charge in [-0.2, -0.15) is 0 Å². The van der Waals surface area contributed by atoms with Gasteiger partial charge in [-0.3, -0.25) is 4.57 Å². The monoisotopic (exact) mass is 237 g/mol. The molecule has 1 aromatic heterocycles. The molecule has 0 unspecified atom stereocenters. The van der Waals surface area contributed by atoms with Crippen molar-refractivity contribution in [2.24, 2.45) is 0 Å². The Morgan fingerprint density at radius 3 is 2.69 bits per heavy atom. The van der Waals surface area contributed by atoms with Crippen LogP contribution in [0.3, 0.4) is 0 Å². The molecule has 2 rings (SSSR count). The van der Waals surface area contributed by atoms with E-state index in [-0.39, 0.29) is 0 Å². The number of aromatic nitrogens is 3. The van der Waals surface area contributed by atoms with Gasteiger partial charge in [-0.25, -0.2) is 0 Å². The van der Waals surface area contributed by atoms with Crippen molar-refractivity contribution in [1.29, 1.82) is 0 Å². The number of hydrogen-bond donors (Lipinski definition) is 0. The van der Waals surface area contributed by atoms with Crippen molar-refractivity contribution >= 4 is 11.6 Å². The normalized spacial score (nSPS) is 10.4. The summed E-state index contributed by atoms with van der Waals surface area (Å²) < 4.78 is 7.29. The van der Waals surface area contributed by atoms with E-state index in [2.05, 4.69) is 10.2 Å². The molecule has 0 saturated heterocycles. The molecule has 0 fully saturated rings. The van der Waals surface area contributed by atoms with Crippen LogP contribution in [-0.2, 0) is 0 Å². The number of ether oxygens (including phenoxy) is 1. The standard InChI is InChI=1S/C11H12ClN3O/c1-3-16-10-7-5-4-6-9(10)15-8(2)13-14-11(15)12/h4-7H,3H2,1-2H3. The van der Waals surface area contributed by atoms with Crippen LogP contribution in [0.25, 0.3) is 5.69 Å². The topological polar surface area (TPSA) is 39.9 Å². The summed E-state index contributed by atoms with van der Waals surface area (Å²) in [6.07, 6.45) is 0. The van der Waals surface area contributed by atoms with Gasteiger partial charge in [0.05, 0.1) is 12.3 Å². The van der Waals surface area contributed by atoms with Crippen LogP contribution in [0, 0.1) is 6.92 Å². The van der Waals surface area contributed by atoms with Gasteiger partial charge in [0.2, 0.25) is 5.28 Å². The lowest BCUT2D eigenvalue weighted by molar-refractivity contribution is 0.339. The zero-order valence-electron chi connectivity index (χ0n) is 9.14. The molecule has 0 atom stereocenters. The number of halogens is 1. The highest BCUT2D eigenvalue weighted by Crippen LogP contribution is 2.26. The highest BCUT2D eigenvalue weighted by molar-refractivity contribution is 6.28. The molecule has 16 heavy (non-hydrogen) atoms. The molecule has 84 valence electrons. The Hall–Kier alpha value is -1.55. The van der Waals surface area contributed by atoms with Crippen molar-refractivity contribution in [3.8, 4) is 11.4 Å². The van der Waals surface area contributed by atoms with Crippen LogP contribution in [0.15, 0.2) is 24.3 Å². The van der Waals surface area contributed by atoms with Gasteiger partial charge < -0.3 is 4.74 Å². The first-order valence-electron chi connectivity index (χ1n) is 5.03. The van der Waals surface area contributed by atoms with Crippen molar-refractivity contribution in [2.75, 3.05) is 6.61 Å². The largest absolute Gasteiger partial charge is 0.492 e. The SMILES string of the molecule is CCOc1ccccc1-n1c(C)nnc1Cl. The first-order chi connectivity index (χ1) is 7.74. The predicted molar refractivity (Wildman–Crippen MR) is 62.3 cm³/mol. The number of hydrogen-bond acceptors (Lipinski definition) is 3. The van der Waals surface area contributed by atoms with Gasteiger partial charge >= 0.3 is 0 Å². The lowest BCUT2D eigenvalue weighted by Gasteiger charge is -2.11. The summed E-state index contributed by atoms with van der Waals surface area (Å²) in [4.78, 5) is 0. The summed E-state index contributed by atoms with van der Waals surface area (Å²) in [5.41, 5.74) is 0.858. The Labute approximate surface area is 98.8 Å². The van der Waals surface area contributed by atoms with Crippen molar-refractivity contribution in [3.05, 3.63) is 35.4 Å². The van der Waals surface area contributed by atoms with E-state index in [1.165, 1.54) is 0 Å². The highest BCUT2D eigenvalue weighted by atomic mass is 35.5. The molecule has 1 heterocycles. The highest BCUT2D eigenvalue weighted by Gasteiger charge is 2.12. The molecule has 0 aliphatic carbocycles. The van der Waals surface area contributed by atoms with Crippen LogP contribution < -0.4 is 4.74 Å². The summed E-state index contributed by atoms with van der Waals surface area (Å²) in [5.74, 6) is 1.51. The zero-order chi connectivity index (χ0) is 11.5. The third-order valence-electron chi connectivity index (χ3n) is 2.19. The maximum Gasteiger partial charge on any atom is 0.229 e. The van der Waals surface area contributed by atoms with Crippen molar-refractivity contribution < 1.29 is 4.74 Å². The second-order valence-electron chi connectivity index (χ2n) is 3.25. The fourth-order valence-electron chi connectivity index (χ4n) is 1.53. The molecule has 0 saturated carbocycles. The van der Waals surface area contributed by atoms with Crippen LogP contribution in [0.1, 0.15) is 12.7 Å². The maximum atomic E-state index is 5.99. The van der Waals surface area contributed by atoms with E-state index in [9.17, 15) is 0 Å². The summed E-state index contributed by atoms with van der Waals surface area (Å²) >= 11 is 5.99. The van der Waals surface area contributed by atoms with E-state index in [4.69, 9.17) is 16.3 Å². The molecule has 0 spiro atoms. The molecule has 0 N–H and O–H groups in total. The van der Waals surface area contributed by atoms with Crippen molar-refractivity contribution in [2.45, 2.75) is 13.8 Å². The number of aryl methyl sites for hydroxylation is 1. The fraction of sp³-hybridized carbons (Fsp3) is 0.273. The van der Waals surface area contributed by atoms with Crippen LogP contribution in [0.4, 0.5) is 0 Å². The molecule has 0 amide bonds. The number of para-hydroxylation sites is 2. The van der Waals surface area contributed by atoms with Gasteiger partial charge in [0, 0.05) is 0 Å². The lowest BCUT2D eigenvalue weighted by atomic mass is 10.3. The van der Waals surface area contributed by atoms with Crippen LogP contribution in [0.5, 0.6) is 5.75 Å². The Morgan fingerprint density at radius 2 is 2.06 bits per heavy atom. The van der Waals surface area contributed by atoms with E-state index in [1.807, 2.05) is 38.1 Å². The van der Waals surface area contributed by atoms with Gasteiger partial charge in [-0.05, 0) is 37.6 Å². The van der Waals surface area contributed by atoms with E-state index in [1.54, 1.807) is 4.57 Å². The minimum absolute atomic E-state index is 0.338. The Morgan fingerprint density at radius 1 is 1.31 bits per heavy atom. The van der Waals surface area contributed by atoms with Gasteiger partial charge in [0.15, 0.2) is 0 Å². The van der Waals surface area contributed by atoms with E-state index < -0.39 is 0 Å².